The third-order valence-electron chi connectivity index (χ3n) is 5.36. The standard InChI is InChI=1S/C28H40N8O5/c1-5-36(17-14-32-35-29)25-12-10-24(11-13-25)34-33-23-8-6-22(7-9-23)26(37)30-15-18-39-20-21-40-19-16-31-27(38)41-28(2,3)4/h6-13H,5,14-21H2,1-4H3,(H,30,37)(H,31,38). The van der Waals surface area contributed by atoms with E-state index in [0.717, 1.165) is 12.2 Å². The molecule has 0 spiro atoms. The maximum atomic E-state index is 12.4. The quantitative estimate of drug-likeness (QED) is 0.110. The average molecular weight is 569 g/mol. The Morgan fingerprint density at radius 2 is 1.44 bits per heavy atom. The maximum Gasteiger partial charge on any atom is 0.407 e. The van der Waals surface area contributed by atoms with E-state index in [4.69, 9.17) is 19.7 Å². The molecule has 222 valence electrons. The van der Waals surface area contributed by atoms with Gasteiger partial charge in [0, 0.05) is 48.9 Å². The van der Waals surface area contributed by atoms with Gasteiger partial charge in [0.05, 0.1) is 37.8 Å². The summed E-state index contributed by atoms with van der Waals surface area (Å²) in [5.41, 5.74) is 10.8. The molecule has 0 bridgehead atoms. The highest BCUT2D eigenvalue weighted by molar-refractivity contribution is 5.94. The number of likely N-dealkylation sites (N-methyl/N-ethyl adjacent to an activating group) is 1. The van der Waals surface area contributed by atoms with Crippen LogP contribution < -0.4 is 15.5 Å². The largest absolute Gasteiger partial charge is 0.444 e. The second-order valence-corrected chi connectivity index (χ2v) is 9.71. The summed E-state index contributed by atoms with van der Waals surface area (Å²) < 4.78 is 16.0. The van der Waals surface area contributed by atoms with Crippen LogP contribution in [0.2, 0.25) is 0 Å². The van der Waals surface area contributed by atoms with E-state index in [0.29, 0.717) is 69.5 Å². The van der Waals surface area contributed by atoms with Gasteiger partial charge in [-0.15, -0.1) is 0 Å². The molecule has 13 heteroatoms. The van der Waals surface area contributed by atoms with Gasteiger partial charge in [0.1, 0.15) is 5.60 Å². The van der Waals surface area contributed by atoms with Crippen LogP contribution in [0, 0.1) is 0 Å². The second kappa shape index (κ2) is 18.2. The van der Waals surface area contributed by atoms with Crippen molar-refractivity contribution in [3.8, 4) is 0 Å². The summed E-state index contributed by atoms with van der Waals surface area (Å²) in [7, 11) is 0. The Morgan fingerprint density at radius 1 is 0.878 bits per heavy atom. The third kappa shape index (κ3) is 14.1. The predicted molar refractivity (Wildman–Crippen MR) is 157 cm³/mol. The third-order valence-corrected chi connectivity index (χ3v) is 5.36. The molecule has 0 unspecified atom stereocenters. The molecule has 0 heterocycles. The molecular formula is C28H40N8O5. The van der Waals surface area contributed by atoms with Crippen molar-refractivity contribution in [1.82, 2.24) is 10.6 Å². The topological polar surface area (TPSA) is 163 Å². The van der Waals surface area contributed by atoms with Crippen LogP contribution in [-0.2, 0) is 14.2 Å². The molecule has 0 aliphatic carbocycles. The van der Waals surface area contributed by atoms with Gasteiger partial charge in [-0.2, -0.15) is 10.2 Å². The lowest BCUT2D eigenvalue weighted by atomic mass is 10.2. The van der Waals surface area contributed by atoms with Crippen molar-refractivity contribution in [2.24, 2.45) is 15.3 Å². The number of hydrogen-bond donors (Lipinski definition) is 2. The molecule has 0 aliphatic rings. The molecule has 0 saturated carbocycles. The molecular weight excluding hydrogens is 528 g/mol. The monoisotopic (exact) mass is 568 g/mol. The fourth-order valence-electron chi connectivity index (χ4n) is 3.41. The van der Waals surface area contributed by atoms with Crippen molar-refractivity contribution >= 4 is 29.1 Å². The molecule has 2 rings (SSSR count). The van der Waals surface area contributed by atoms with E-state index in [1.54, 1.807) is 45.0 Å². The van der Waals surface area contributed by atoms with Crippen molar-refractivity contribution in [1.29, 1.82) is 0 Å². The highest BCUT2D eigenvalue weighted by Gasteiger charge is 2.15. The summed E-state index contributed by atoms with van der Waals surface area (Å²) in [5, 5.41) is 17.5. The van der Waals surface area contributed by atoms with Crippen LogP contribution in [0.1, 0.15) is 38.1 Å². The van der Waals surface area contributed by atoms with Crippen molar-refractivity contribution in [3.63, 3.8) is 0 Å². The Labute approximate surface area is 240 Å². The molecule has 2 aromatic rings. The van der Waals surface area contributed by atoms with E-state index in [1.807, 2.05) is 31.2 Å². The van der Waals surface area contributed by atoms with Gasteiger partial charge in [-0.1, -0.05) is 5.11 Å². The molecule has 0 fully saturated rings. The first-order valence-electron chi connectivity index (χ1n) is 13.5. The number of nitrogens with one attached hydrogen (secondary N) is 2. The number of ether oxygens (including phenoxy) is 3. The molecule has 0 radical (unpaired) electrons. The molecule has 2 aromatic carbocycles. The minimum atomic E-state index is -0.534. The van der Waals surface area contributed by atoms with Crippen molar-refractivity contribution in [3.05, 3.63) is 64.5 Å². The Morgan fingerprint density at radius 3 is 1.98 bits per heavy atom. The molecule has 0 saturated heterocycles. The first-order valence-corrected chi connectivity index (χ1v) is 13.5. The van der Waals surface area contributed by atoms with E-state index < -0.39 is 11.7 Å². The normalized spacial score (nSPS) is 11.1. The van der Waals surface area contributed by atoms with Gasteiger partial charge in [0.25, 0.3) is 5.91 Å². The van der Waals surface area contributed by atoms with Crippen LogP contribution in [0.3, 0.4) is 0 Å². The summed E-state index contributed by atoms with van der Waals surface area (Å²) >= 11 is 0. The van der Waals surface area contributed by atoms with Gasteiger partial charge in [-0.25, -0.2) is 4.79 Å². The smallest absolute Gasteiger partial charge is 0.407 e. The summed E-state index contributed by atoms with van der Waals surface area (Å²) in [4.78, 5) is 28.8. The number of amides is 2. The zero-order valence-electron chi connectivity index (χ0n) is 24.2. The van der Waals surface area contributed by atoms with Gasteiger partial charge in [-0.3, -0.25) is 4.79 Å². The van der Waals surface area contributed by atoms with Crippen molar-refractivity contribution in [2.45, 2.75) is 33.3 Å². The van der Waals surface area contributed by atoms with Crippen LogP contribution in [0.5, 0.6) is 0 Å². The Bertz CT molecular complexity index is 1140. The molecule has 41 heavy (non-hydrogen) atoms. The highest BCUT2D eigenvalue weighted by atomic mass is 16.6. The van der Waals surface area contributed by atoms with E-state index >= 15 is 0 Å². The van der Waals surface area contributed by atoms with E-state index in [-0.39, 0.29) is 5.91 Å². The molecule has 2 amide bonds. The van der Waals surface area contributed by atoms with Crippen LogP contribution in [0.4, 0.5) is 21.9 Å². The predicted octanol–water partition coefficient (Wildman–Crippen LogP) is 5.53. The summed E-state index contributed by atoms with van der Waals surface area (Å²) in [6, 6.07) is 14.5. The minimum absolute atomic E-state index is 0.210. The number of nitrogens with zero attached hydrogens (tertiary/aromatic N) is 6. The number of azo groups is 1. The summed E-state index contributed by atoms with van der Waals surface area (Å²) in [5.74, 6) is -0.210. The lowest BCUT2D eigenvalue weighted by Gasteiger charge is -2.22. The van der Waals surface area contributed by atoms with Gasteiger partial charge >= 0.3 is 6.09 Å². The van der Waals surface area contributed by atoms with Crippen LogP contribution in [0.15, 0.2) is 63.9 Å². The Balaban J connectivity index is 1.62. The van der Waals surface area contributed by atoms with Crippen LogP contribution in [0.25, 0.3) is 10.4 Å². The molecule has 0 atom stereocenters. The maximum absolute atomic E-state index is 12.4. The number of alkyl carbamates (subject to hydrolysis) is 1. The van der Waals surface area contributed by atoms with E-state index in [2.05, 4.69) is 35.8 Å². The molecule has 0 aromatic heterocycles. The second-order valence-electron chi connectivity index (χ2n) is 9.71. The number of hydrogen-bond acceptors (Lipinski definition) is 9. The molecule has 13 nitrogen and oxygen atoms in total. The Kier molecular flexibility index (Phi) is 14.7. The number of azide groups is 1. The lowest BCUT2D eigenvalue weighted by Crippen LogP contribution is -2.34. The van der Waals surface area contributed by atoms with Crippen molar-refractivity contribution < 1.29 is 23.8 Å². The number of anilines is 1. The highest BCUT2D eigenvalue weighted by Crippen LogP contribution is 2.22. The van der Waals surface area contributed by atoms with Crippen LogP contribution in [-0.4, -0.2) is 76.8 Å². The number of benzene rings is 2. The minimum Gasteiger partial charge on any atom is -0.444 e. The van der Waals surface area contributed by atoms with Gasteiger partial charge < -0.3 is 29.7 Å². The fourth-order valence-corrected chi connectivity index (χ4v) is 3.41. The number of carbonyl (C=O) groups excluding carboxylic acids is 2. The molecule has 0 aliphatic heterocycles. The van der Waals surface area contributed by atoms with Gasteiger partial charge in [0.2, 0.25) is 0 Å². The SMILES string of the molecule is CCN(CCN=[N+]=[N-])c1ccc(N=Nc2ccc(C(=O)NCCOCCOCCNC(=O)OC(C)(C)C)cc2)cc1. The zero-order chi connectivity index (χ0) is 29.9. The Hall–Kier alpha value is -4.19. The van der Waals surface area contributed by atoms with Gasteiger partial charge in [-0.05, 0) is 81.8 Å². The average Bonchev–Trinajstić information content (AvgIpc) is 2.95. The van der Waals surface area contributed by atoms with Crippen LogP contribution >= 0.6 is 0 Å². The van der Waals surface area contributed by atoms with Crippen molar-refractivity contribution in [2.75, 3.05) is 64.1 Å². The molecule has 2 N–H and O–H groups in total. The first kappa shape index (κ1) is 33.0. The summed E-state index contributed by atoms with van der Waals surface area (Å²) in [6.07, 6.45) is -0.477. The first-order chi connectivity index (χ1) is 19.7. The van der Waals surface area contributed by atoms with Gasteiger partial charge in [0.15, 0.2) is 0 Å². The number of rotatable bonds is 17. The zero-order valence-corrected chi connectivity index (χ0v) is 24.2. The fraction of sp³-hybridized carbons (Fsp3) is 0.500. The lowest BCUT2D eigenvalue weighted by molar-refractivity contribution is 0.0400. The van der Waals surface area contributed by atoms with E-state index in [1.165, 1.54) is 0 Å². The van der Waals surface area contributed by atoms with E-state index in [9.17, 15) is 9.59 Å². The number of carbonyl (C=O) groups is 2. The summed E-state index contributed by atoms with van der Waals surface area (Å²) in [6.45, 7) is 11.4.